The lowest BCUT2D eigenvalue weighted by Crippen LogP contribution is -2.30. The molecule has 1 amide bonds. The van der Waals surface area contributed by atoms with E-state index >= 15 is 0 Å². The number of anilines is 2. The number of carbonyl (C=O) groups is 1. The summed E-state index contributed by atoms with van der Waals surface area (Å²) >= 11 is 1.38. The summed E-state index contributed by atoms with van der Waals surface area (Å²) in [7, 11) is 0. The van der Waals surface area contributed by atoms with Crippen molar-refractivity contribution in [3.05, 3.63) is 71.5 Å². The molecule has 24 heavy (non-hydrogen) atoms. The predicted octanol–water partition coefficient (Wildman–Crippen LogP) is 4.33. The van der Waals surface area contributed by atoms with Crippen molar-refractivity contribution >= 4 is 28.1 Å². The molecule has 0 aliphatic carbocycles. The molecule has 2 aromatic carbocycles. The molecule has 0 spiro atoms. The van der Waals surface area contributed by atoms with E-state index in [1.807, 2.05) is 42.6 Å². The zero-order chi connectivity index (χ0) is 16.9. The van der Waals surface area contributed by atoms with Gasteiger partial charge in [-0.05, 0) is 31.2 Å². The van der Waals surface area contributed by atoms with Crippen molar-refractivity contribution in [1.82, 2.24) is 4.98 Å². The van der Waals surface area contributed by atoms with Crippen molar-refractivity contribution in [2.45, 2.75) is 6.92 Å². The predicted molar refractivity (Wildman–Crippen MR) is 92.3 cm³/mol. The Balaban J connectivity index is 1.81. The third kappa shape index (κ3) is 3.78. The topological polar surface area (TPSA) is 42.4 Å². The molecule has 0 radical (unpaired) electrons. The van der Waals surface area contributed by atoms with Crippen LogP contribution in [-0.4, -0.2) is 17.5 Å². The first-order valence-corrected chi connectivity index (χ1v) is 8.20. The van der Waals surface area contributed by atoms with Crippen LogP contribution in [0.2, 0.25) is 0 Å². The first-order valence-electron chi connectivity index (χ1n) is 7.32. The monoisotopic (exact) mass is 342 g/mol. The van der Waals surface area contributed by atoms with E-state index < -0.39 is 5.82 Å². The van der Waals surface area contributed by atoms with E-state index in [0.29, 0.717) is 16.6 Å². The zero-order valence-electron chi connectivity index (χ0n) is 13.0. The molecule has 6 heteroatoms. The van der Waals surface area contributed by atoms with Crippen LogP contribution >= 0.6 is 11.3 Å². The molecule has 1 aromatic heterocycles. The number of aromatic nitrogens is 1. The summed E-state index contributed by atoms with van der Waals surface area (Å²) in [5.41, 5.74) is 1.55. The number of ether oxygens (including phenoxy) is 1. The van der Waals surface area contributed by atoms with E-state index in [1.165, 1.54) is 34.4 Å². The van der Waals surface area contributed by atoms with E-state index in [4.69, 9.17) is 4.74 Å². The highest BCUT2D eigenvalue weighted by Gasteiger charge is 2.21. The van der Waals surface area contributed by atoms with Crippen LogP contribution in [0.4, 0.5) is 15.2 Å². The molecule has 122 valence electrons. The maximum absolute atomic E-state index is 13.2. The van der Waals surface area contributed by atoms with Gasteiger partial charge in [0.2, 0.25) is 0 Å². The Morgan fingerprint density at radius 1 is 1.21 bits per heavy atom. The van der Waals surface area contributed by atoms with Gasteiger partial charge in [-0.25, -0.2) is 9.37 Å². The molecule has 3 rings (SSSR count). The Bertz CT molecular complexity index is 836. The van der Waals surface area contributed by atoms with Crippen LogP contribution in [0, 0.1) is 12.7 Å². The summed E-state index contributed by atoms with van der Waals surface area (Å²) in [6, 6.07) is 14.9. The first kappa shape index (κ1) is 16.1. The number of thiazole rings is 1. The lowest BCUT2D eigenvalue weighted by atomic mass is 10.3. The second kappa shape index (κ2) is 7.23. The third-order valence-corrected chi connectivity index (χ3v) is 4.16. The van der Waals surface area contributed by atoms with Gasteiger partial charge in [-0.3, -0.25) is 9.69 Å². The molecule has 0 fully saturated rings. The van der Waals surface area contributed by atoms with Crippen molar-refractivity contribution in [2.75, 3.05) is 11.5 Å². The van der Waals surface area contributed by atoms with Gasteiger partial charge in [0, 0.05) is 11.4 Å². The van der Waals surface area contributed by atoms with Crippen LogP contribution in [0.25, 0.3) is 0 Å². The fourth-order valence-electron chi connectivity index (χ4n) is 2.15. The zero-order valence-corrected chi connectivity index (χ0v) is 13.8. The highest BCUT2D eigenvalue weighted by atomic mass is 32.1. The minimum atomic E-state index is -0.407. The molecule has 0 N–H and O–H groups in total. The highest BCUT2D eigenvalue weighted by Crippen LogP contribution is 2.28. The SMILES string of the molecule is Cc1csc(N(C(=O)COc2cccc(F)c2)c2ccccc2)n1. The lowest BCUT2D eigenvalue weighted by molar-refractivity contribution is -0.119. The molecule has 0 saturated heterocycles. The molecule has 1 heterocycles. The Hall–Kier alpha value is -2.73. The number of aryl methyl sites for hydroxylation is 1. The van der Waals surface area contributed by atoms with Gasteiger partial charge in [-0.15, -0.1) is 11.3 Å². The van der Waals surface area contributed by atoms with E-state index in [-0.39, 0.29) is 12.5 Å². The molecule has 3 aromatic rings. The second-order valence-electron chi connectivity index (χ2n) is 5.08. The smallest absolute Gasteiger partial charge is 0.271 e. The average molecular weight is 342 g/mol. The van der Waals surface area contributed by atoms with Crippen LogP contribution in [0.1, 0.15) is 5.69 Å². The summed E-state index contributed by atoms with van der Waals surface area (Å²) in [5.74, 6) is -0.373. The van der Waals surface area contributed by atoms with Crippen LogP contribution < -0.4 is 9.64 Å². The molecule has 0 atom stereocenters. The maximum atomic E-state index is 13.2. The summed E-state index contributed by atoms with van der Waals surface area (Å²) < 4.78 is 18.6. The number of rotatable bonds is 5. The number of nitrogens with zero attached hydrogens (tertiary/aromatic N) is 2. The molecule has 4 nitrogen and oxygen atoms in total. The van der Waals surface area contributed by atoms with E-state index in [1.54, 1.807) is 6.07 Å². The van der Waals surface area contributed by atoms with E-state index in [2.05, 4.69) is 4.98 Å². The fraction of sp³-hybridized carbons (Fsp3) is 0.111. The molecule has 0 unspecified atom stereocenters. The minimum absolute atomic E-state index is 0.211. The van der Waals surface area contributed by atoms with E-state index in [9.17, 15) is 9.18 Å². The van der Waals surface area contributed by atoms with E-state index in [0.717, 1.165) is 5.69 Å². The second-order valence-corrected chi connectivity index (χ2v) is 5.92. The average Bonchev–Trinajstić information content (AvgIpc) is 3.00. The Morgan fingerprint density at radius 2 is 2.00 bits per heavy atom. The quantitative estimate of drug-likeness (QED) is 0.693. The third-order valence-electron chi connectivity index (χ3n) is 3.22. The minimum Gasteiger partial charge on any atom is -0.484 e. The van der Waals surface area contributed by atoms with Crippen LogP contribution in [-0.2, 0) is 4.79 Å². The molecule has 0 saturated carbocycles. The van der Waals surface area contributed by atoms with Gasteiger partial charge in [0.05, 0.1) is 11.4 Å². The van der Waals surface area contributed by atoms with Gasteiger partial charge in [0.1, 0.15) is 11.6 Å². The lowest BCUT2D eigenvalue weighted by Gasteiger charge is -2.20. The number of hydrogen-bond donors (Lipinski definition) is 0. The summed E-state index contributed by atoms with van der Waals surface area (Å²) in [6.45, 7) is 1.66. The van der Waals surface area contributed by atoms with Gasteiger partial charge < -0.3 is 4.74 Å². The number of benzene rings is 2. The largest absolute Gasteiger partial charge is 0.484 e. The van der Waals surface area contributed by atoms with Crippen molar-refractivity contribution < 1.29 is 13.9 Å². The van der Waals surface area contributed by atoms with Crippen LogP contribution in [0.3, 0.4) is 0 Å². The van der Waals surface area contributed by atoms with Gasteiger partial charge in [-0.2, -0.15) is 0 Å². The highest BCUT2D eigenvalue weighted by molar-refractivity contribution is 7.14. The Labute approximate surface area is 143 Å². The number of para-hydroxylation sites is 1. The summed E-state index contributed by atoms with van der Waals surface area (Å²) in [6.07, 6.45) is 0. The normalized spacial score (nSPS) is 10.4. The molecule has 0 aliphatic heterocycles. The number of carbonyl (C=O) groups excluding carboxylic acids is 1. The van der Waals surface area contributed by atoms with Crippen molar-refractivity contribution in [3.63, 3.8) is 0 Å². The van der Waals surface area contributed by atoms with Gasteiger partial charge in [0.15, 0.2) is 11.7 Å². The van der Waals surface area contributed by atoms with Gasteiger partial charge >= 0.3 is 0 Å². The maximum Gasteiger partial charge on any atom is 0.271 e. The van der Waals surface area contributed by atoms with Gasteiger partial charge in [0.25, 0.3) is 5.91 Å². The molecule has 0 aliphatic rings. The number of hydrogen-bond acceptors (Lipinski definition) is 4. The summed E-state index contributed by atoms with van der Waals surface area (Å²) in [5, 5.41) is 2.46. The standard InChI is InChI=1S/C18H15FN2O2S/c1-13-12-24-18(20-13)21(15-7-3-2-4-8-15)17(22)11-23-16-9-5-6-14(19)10-16/h2-10,12H,11H2,1H3. The van der Waals surface area contributed by atoms with Gasteiger partial charge in [-0.1, -0.05) is 24.3 Å². The molecular weight excluding hydrogens is 327 g/mol. The van der Waals surface area contributed by atoms with Crippen molar-refractivity contribution in [3.8, 4) is 5.75 Å². The fourth-order valence-corrected chi connectivity index (χ4v) is 2.99. The van der Waals surface area contributed by atoms with Crippen LogP contribution in [0.15, 0.2) is 60.0 Å². The number of halogens is 1. The molecule has 0 bridgehead atoms. The van der Waals surface area contributed by atoms with Crippen molar-refractivity contribution in [2.24, 2.45) is 0 Å². The number of amides is 1. The summed E-state index contributed by atoms with van der Waals surface area (Å²) in [4.78, 5) is 18.6. The van der Waals surface area contributed by atoms with Crippen LogP contribution in [0.5, 0.6) is 5.75 Å². The Kier molecular flexibility index (Phi) is 4.86. The first-order chi connectivity index (χ1) is 11.6. The van der Waals surface area contributed by atoms with Crippen molar-refractivity contribution in [1.29, 1.82) is 0 Å². The molecular formula is C18H15FN2O2S. The Morgan fingerprint density at radius 3 is 2.67 bits per heavy atom.